The average molecular weight is 325 g/mol. The molecule has 0 radical (unpaired) electrons. The van der Waals surface area contributed by atoms with Crippen LogP contribution in [0.2, 0.25) is 0 Å². The van der Waals surface area contributed by atoms with Crippen LogP contribution >= 0.6 is 0 Å². The third kappa shape index (κ3) is 4.44. The third-order valence-electron chi connectivity index (χ3n) is 5.13. The predicted octanol–water partition coefficient (Wildman–Crippen LogP) is 1.00. The smallest absolute Gasteiger partial charge is 0.245 e. The molecule has 0 spiro atoms. The summed E-state index contributed by atoms with van der Waals surface area (Å²) >= 11 is 0. The molecular weight excluding hydrogens is 294 g/mol. The number of carbonyl (C=O) groups is 2. The zero-order chi connectivity index (χ0) is 16.8. The van der Waals surface area contributed by atoms with Crippen molar-refractivity contribution in [2.45, 2.75) is 64.1 Å². The molecule has 6 heteroatoms. The number of amides is 2. The summed E-state index contributed by atoms with van der Waals surface area (Å²) in [6.45, 7) is 7.11. The summed E-state index contributed by atoms with van der Waals surface area (Å²) in [5.74, 6) is -0.103. The Labute approximate surface area is 139 Å². The first-order valence-corrected chi connectivity index (χ1v) is 8.89. The van der Waals surface area contributed by atoms with Crippen LogP contribution in [0.15, 0.2) is 0 Å². The van der Waals surface area contributed by atoms with Crippen LogP contribution in [0.25, 0.3) is 0 Å². The Bertz CT molecular complexity index is 416. The molecule has 2 rings (SSSR count). The van der Waals surface area contributed by atoms with Crippen LogP contribution < -0.4 is 5.32 Å². The average Bonchev–Trinajstić information content (AvgIpc) is 3.17. The maximum absolute atomic E-state index is 13.0. The van der Waals surface area contributed by atoms with Crippen molar-refractivity contribution >= 4 is 11.8 Å². The van der Waals surface area contributed by atoms with Crippen molar-refractivity contribution in [1.82, 2.24) is 15.1 Å². The quantitative estimate of drug-likeness (QED) is 0.759. The molecule has 2 saturated heterocycles. The lowest BCUT2D eigenvalue weighted by Crippen LogP contribution is -2.54. The second-order valence-electron chi connectivity index (χ2n) is 6.61. The first kappa shape index (κ1) is 18.2. The highest BCUT2D eigenvalue weighted by atomic mass is 16.5. The van der Waals surface area contributed by atoms with E-state index in [2.05, 4.69) is 17.1 Å². The number of nitrogens with zero attached hydrogens (tertiary/aromatic N) is 2. The van der Waals surface area contributed by atoms with E-state index in [1.165, 1.54) is 19.8 Å². The summed E-state index contributed by atoms with van der Waals surface area (Å²) in [7, 11) is 1.62. The van der Waals surface area contributed by atoms with Crippen LogP contribution in [-0.4, -0.2) is 73.1 Å². The number of hydrogen-bond donors (Lipinski definition) is 1. The van der Waals surface area contributed by atoms with Gasteiger partial charge in [-0.3, -0.25) is 14.5 Å². The molecule has 3 unspecified atom stereocenters. The molecule has 6 nitrogen and oxygen atoms in total. The Balaban J connectivity index is 2.06. The lowest BCUT2D eigenvalue weighted by atomic mass is 10.0. The third-order valence-corrected chi connectivity index (χ3v) is 5.13. The molecule has 0 saturated carbocycles. The normalized spacial score (nSPS) is 26.5. The van der Waals surface area contributed by atoms with Crippen LogP contribution in [0.5, 0.6) is 0 Å². The number of rotatable bonds is 7. The van der Waals surface area contributed by atoms with Gasteiger partial charge in [0.25, 0.3) is 0 Å². The molecule has 0 aromatic rings. The van der Waals surface area contributed by atoms with E-state index in [1.54, 1.807) is 7.11 Å². The van der Waals surface area contributed by atoms with Gasteiger partial charge < -0.3 is 15.0 Å². The lowest BCUT2D eigenvalue weighted by molar-refractivity contribution is -0.138. The van der Waals surface area contributed by atoms with Crippen LogP contribution in [0.1, 0.15) is 46.0 Å². The maximum Gasteiger partial charge on any atom is 0.245 e. The van der Waals surface area contributed by atoms with Crippen molar-refractivity contribution in [3.63, 3.8) is 0 Å². The second kappa shape index (κ2) is 8.64. The van der Waals surface area contributed by atoms with E-state index >= 15 is 0 Å². The zero-order valence-electron chi connectivity index (χ0n) is 14.7. The summed E-state index contributed by atoms with van der Waals surface area (Å²) in [4.78, 5) is 28.9. The maximum atomic E-state index is 13.0. The molecule has 2 aliphatic rings. The minimum Gasteiger partial charge on any atom is -0.385 e. The van der Waals surface area contributed by atoms with E-state index in [1.807, 2.05) is 4.90 Å². The molecule has 0 bridgehead atoms. The van der Waals surface area contributed by atoms with Crippen LogP contribution in [0.4, 0.5) is 0 Å². The van der Waals surface area contributed by atoms with E-state index in [4.69, 9.17) is 4.74 Å². The van der Waals surface area contributed by atoms with Gasteiger partial charge in [-0.2, -0.15) is 0 Å². The number of likely N-dealkylation sites (tertiary alicyclic amines) is 2. The van der Waals surface area contributed by atoms with E-state index in [-0.39, 0.29) is 11.8 Å². The molecule has 0 aromatic carbocycles. The molecule has 2 aliphatic heterocycles. The summed E-state index contributed by atoms with van der Waals surface area (Å²) in [5, 5.41) is 2.80. The van der Waals surface area contributed by atoms with E-state index in [9.17, 15) is 9.59 Å². The summed E-state index contributed by atoms with van der Waals surface area (Å²) in [6, 6.07) is 0.306. The molecule has 0 aromatic heterocycles. The molecule has 132 valence electrons. The lowest BCUT2D eigenvalue weighted by Gasteiger charge is -2.36. The van der Waals surface area contributed by atoms with E-state index in [0.717, 1.165) is 32.5 Å². The highest BCUT2D eigenvalue weighted by Gasteiger charge is 2.40. The summed E-state index contributed by atoms with van der Waals surface area (Å²) < 4.78 is 5.10. The van der Waals surface area contributed by atoms with Crippen molar-refractivity contribution in [1.29, 1.82) is 0 Å². The van der Waals surface area contributed by atoms with Gasteiger partial charge in [0.05, 0.1) is 0 Å². The monoisotopic (exact) mass is 325 g/mol. The first-order chi connectivity index (χ1) is 11.1. The van der Waals surface area contributed by atoms with Gasteiger partial charge in [0.1, 0.15) is 6.04 Å². The fraction of sp³-hybridized carbons (Fsp3) is 0.882. The number of methoxy groups -OCH3 is 1. The Morgan fingerprint density at radius 3 is 2.57 bits per heavy atom. The van der Waals surface area contributed by atoms with Crippen LogP contribution in [-0.2, 0) is 14.3 Å². The predicted molar refractivity (Wildman–Crippen MR) is 89.1 cm³/mol. The van der Waals surface area contributed by atoms with Gasteiger partial charge in [-0.05, 0) is 45.2 Å². The molecule has 2 amide bonds. The standard InChI is InChI=1S/C17H31N3O3/c1-4-19-10-5-7-15(19)16-8-6-11-20(16)17(22)14(9-12-23-3)18-13(2)21/h14-16H,4-12H2,1-3H3,(H,18,21). The topological polar surface area (TPSA) is 61.9 Å². The summed E-state index contributed by atoms with van der Waals surface area (Å²) in [5.41, 5.74) is 0. The molecule has 0 aliphatic carbocycles. The first-order valence-electron chi connectivity index (χ1n) is 8.89. The van der Waals surface area contributed by atoms with Crippen molar-refractivity contribution in [3.05, 3.63) is 0 Å². The molecule has 2 fully saturated rings. The van der Waals surface area contributed by atoms with Crippen molar-refractivity contribution in [3.8, 4) is 0 Å². The Hall–Kier alpha value is -1.14. The van der Waals surface area contributed by atoms with Gasteiger partial charge in [-0.1, -0.05) is 6.92 Å². The van der Waals surface area contributed by atoms with Gasteiger partial charge in [-0.15, -0.1) is 0 Å². The summed E-state index contributed by atoms with van der Waals surface area (Å²) in [6.07, 6.45) is 5.05. The second-order valence-corrected chi connectivity index (χ2v) is 6.61. The van der Waals surface area contributed by atoms with Gasteiger partial charge in [0.15, 0.2) is 0 Å². The van der Waals surface area contributed by atoms with Gasteiger partial charge in [0.2, 0.25) is 11.8 Å². The zero-order valence-corrected chi connectivity index (χ0v) is 14.7. The number of likely N-dealkylation sites (N-methyl/N-ethyl adjacent to an activating group) is 1. The van der Waals surface area contributed by atoms with Gasteiger partial charge in [-0.25, -0.2) is 0 Å². The van der Waals surface area contributed by atoms with Crippen LogP contribution in [0.3, 0.4) is 0 Å². The number of nitrogens with one attached hydrogen (secondary N) is 1. The SMILES string of the molecule is CCN1CCCC1C1CCCN1C(=O)C(CCOC)NC(C)=O. The van der Waals surface area contributed by atoms with Gasteiger partial charge in [0, 0.05) is 39.3 Å². The largest absolute Gasteiger partial charge is 0.385 e. The molecule has 3 atom stereocenters. The van der Waals surface area contributed by atoms with Crippen LogP contribution in [0, 0.1) is 0 Å². The number of hydrogen-bond acceptors (Lipinski definition) is 4. The van der Waals surface area contributed by atoms with Crippen molar-refractivity contribution in [2.24, 2.45) is 0 Å². The minimum absolute atomic E-state index is 0.0581. The Morgan fingerprint density at radius 1 is 1.22 bits per heavy atom. The van der Waals surface area contributed by atoms with Gasteiger partial charge >= 0.3 is 0 Å². The van der Waals surface area contributed by atoms with Crippen molar-refractivity contribution in [2.75, 3.05) is 33.4 Å². The minimum atomic E-state index is -0.468. The highest BCUT2D eigenvalue weighted by Crippen LogP contribution is 2.30. The van der Waals surface area contributed by atoms with E-state index in [0.29, 0.717) is 25.1 Å². The molecule has 1 N–H and O–H groups in total. The molecular formula is C17H31N3O3. The number of carbonyl (C=O) groups excluding carboxylic acids is 2. The highest BCUT2D eigenvalue weighted by molar-refractivity contribution is 5.87. The number of ether oxygens (including phenoxy) is 1. The molecule has 23 heavy (non-hydrogen) atoms. The molecule has 2 heterocycles. The Morgan fingerprint density at radius 2 is 1.91 bits per heavy atom. The Kier molecular flexibility index (Phi) is 6.84. The van der Waals surface area contributed by atoms with E-state index < -0.39 is 6.04 Å². The van der Waals surface area contributed by atoms with Crippen molar-refractivity contribution < 1.29 is 14.3 Å². The fourth-order valence-electron chi connectivity index (χ4n) is 4.09. The fourth-order valence-corrected chi connectivity index (χ4v) is 4.09.